The standard InChI is InChI=1S/C21H21BrFN3O/c1-3-25(21(27)14-5-6-14)11-15-10-16(23)7-9-19(15)26-12-18(22)17-8-4-13(2)24-20(17)26/h4,7-10,12,14H,3,5-6,11H2,1-2H3. The summed E-state index contributed by atoms with van der Waals surface area (Å²) in [6, 6.07) is 8.73. The van der Waals surface area contributed by atoms with Gasteiger partial charge in [0.2, 0.25) is 5.91 Å². The maximum Gasteiger partial charge on any atom is 0.225 e. The van der Waals surface area contributed by atoms with Gasteiger partial charge in [0.05, 0.1) is 5.69 Å². The van der Waals surface area contributed by atoms with Gasteiger partial charge < -0.3 is 4.90 Å². The lowest BCUT2D eigenvalue weighted by Gasteiger charge is -2.23. The molecule has 0 spiro atoms. The van der Waals surface area contributed by atoms with Crippen molar-refractivity contribution in [2.24, 2.45) is 5.92 Å². The second-order valence-corrected chi connectivity index (χ2v) is 7.92. The largest absolute Gasteiger partial charge is 0.338 e. The third-order valence-electron chi connectivity index (χ3n) is 5.02. The van der Waals surface area contributed by atoms with Crippen LogP contribution in [0.15, 0.2) is 41.0 Å². The molecule has 1 aliphatic rings. The molecule has 1 aliphatic carbocycles. The quantitative estimate of drug-likeness (QED) is 0.572. The van der Waals surface area contributed by atoms with Crippen molar-refractivity contribution in [2.45, 2.75) is 33.2 Å². The molecule has 4 nitrogen and oxygen atoms in total. The van der Waals surface area contributed by atoms with Crippen molar-refractivity contribution < 1.29 is 9.18 Å². The molecule has 4 rings (SSSR count). The average molecular weight is 430 g/mol. The van der Waals surface area contributed by atoms with Crippen LogP contribution in [0.4, 0.5) is 4.39 Å². The van der Waals surface area contributed by atoms with Crippen molar-refractivity contribution in [3.05, 3.63) is 58.1 Å². The number of nitrogens with zero attached hydrogens (tertiary/aromatic N) is 3. The molecule has 2 aromatic heterocycles. The SMILES string of the molecule is CCN(Cc1cc(F)ccc1-n1cc(Br)c2ccc(C)nc21)C(=O)C1CC1. The third kappa shape index (κ3) is 3.50. The van der Waals surface area contributed by atoms with Gasteiger partial charge in [0, 0.05) is 40.8 Å². The molecule has 0 saturated heterocycles. The Morgan fingerprint density at radius 3 is 2.81 bits per heavy atom. The number of aromatic nitrogens is 2. The van der Waals surface area contributed by atoms with Gasteiger partial charge in [-0.3, -0.25) is 9.36 Å². The molecule has 0 bridgehead atoms. The van der Waals surface area contributed by atoms with E-state index in [1.165, 1.54) is 12.1 Å². The number of hydrogen-bond acceptors (Lipinski definition) is 2. The Kier molecular flexibility index (Phi) is 4.76. The molecule has 2 heterocycles. The van der Waals surface area contributed by atoms with Gasteiger partial charge in [-0.1, -0.05) is 0 Å². The fourth-order valence-electron chi connectivity index (χ4n) is 3.40. The maximum absolute atomic E-state index is 14.0. The van der Waals surface area contributed by atoms with Crippen LogP contribution in [0.2, 0.25) is 0 Å². The molecule has 1 saturated carbocycles. The topological polar surface area (TPSA) is 38.1 Å². The average Bonchev–Trinajstić information content (AvgIpc) is 3.44. The van der Waals surface area contributed by atoms with Gasteiger partial charge in [0.25, 0.3) is 0 Å². The molecule has 6 heteroatoms. The number of aryl methyl sites for hydroxylation is 1. The second kappa shape index (κ2) is 7.08. The van der Waals surface area contributed by atoms with Crippen LogP contribution in [0.25, 0.3) is 16.7 Å². The van der Waals surface area contributed by atoms with E-state index in [0.29, 0.717) is 13.1 Å². The van der Waals surface area contributed by atoms with E-state index in [9.17, 15) is 9.18 Å². The molecular weight excluding hydrogens is 409 g/mol. The highest BCUT2D eigenvalue weighted by molar-refractivity contribution is 9.10. The minimum absolute atomic E-state index is 0.146. The van der Waals surface area contributed by atoms with E-state index in [1.807, 2.05) is 41.6 Å². The second-order valence-electron chi connectivity index (χ2n) is 7.07. The van der Waals surface area contributed by atoms with Gasteiger partial charge in [0.15, 0.2) is 0 Å². The number of rotatable bonds is 5. The Morgan fingerprint density at radius 2 is 2.11 bits per heavy atom. The van der Waals surface area contributed by atoms with Crippen LogP contribution in [0.5, 0.6) is 0 Å². The lowest BCUT2D eigenvalue weighted by Crippen LogP contribution is -2.32. The van der Waals surface area contributed by atoms with Crippen LogP contribution in [0.1, 0.15) is 31.0 Å². The third-order valence-corrected chi connectivity index (χ3v) is 5.66. The van der Waals surface area contributed by atoms with Crippen molar-refractivity contribution in [1.82, 2.24) is 14.5 Å². The molecule has 0 N–H and O–H groups in total. The molecule has 1 amide bonds. The first kappa shape index (κ1) is 18.2. The summed E-state index contributed by atoms with van der Waals surface area (Å²) in [4.78, 5) is 19.0. The first-order chi connectivity index (χ1) is 13.0. The zero-order valence-electron chi connectivity index (χ0n) is 15.4. The van der Waals surface area contributed by atoms with E-state index < -0.39 is 0 Å². The van der Waals surface area contributed by atoms with E-state index in [1.54, 1.807) is 6.07 Å². The number of hydrogen-bond donors (Lipinski definition) is 0. The summed E-state index contributed by atoms with van der Waals surface area (Å²) in [6.07, 6.45) is 3.88. The summed E-state index contributed by atoms with van der Waals surface area (Å²) in [6.45, 7) is 4.91. The van der Waals surface area contributed by atoms with Crippen LogP contribution in [-0.2, 0) is 11.3 Å². The molecule has 3 aromatic rings. The number of halogens is 2. The van der Waals surface area contributed by atoms with Crippen molar-refractivity contribution in [3.8, 4) is 5.69 Å². The molecule has 0 atom stereocenters. The Hall–Kier alpha value is -2.21. The van der Waals surface area contributed by atoms with Crippen LogP contribution in [0.3, 0.4) is 0 Å². The summed E-state index contributed by atoms with van der Waals surface area (Å²) in [5, 5.41) is 0.997. The number of carbonyl (C=O) groups is 1. The number of benzene rings is 1. The molecule has 1 fully saturated rings. The Morgan fingerprint density at radius 1 is 1.33 bits per heavy atom. The first-order valence-corrected chi connectivity index (χ1v) is 9.99. The highest BCUT2D eigenvalue weighted by Crippen LogP contribution is 2.33. The van der Waals surface area contributed by atoms with Crippen molar-refractivity contribution >= 4 is 32.9 Å². The number of amides is 1. The monoisotopic (exact) mass is 429 g/mol. The number of carbonyl (C=O) groups excluding carboxylic acids is 1. The maximum atomic E-state index is 14.0. The van der Waals surface area contributed by atoms with Crippen molar-refractivity contribution in [1.29, 1.82) is 0 Å². The highest BCUT2D eigenvalue weighted by Gasteiger charge is 2.33. The number of fused-ring (bicyclic) bond motifs is 1. The fraction of sp³-hybridized carbons (Fsp3) is 0.333. The zero-order chi connectivity index (χ0) is 19.1. The van der Waals surface area contributed by atoms with E-state index in [4.69, 9.17) is 0 Å². The molecule has 1 aromatic carbocycles. The minimum Gasteiger partial charge on any atom is -0.338 e. The smallest absolute Gasteiger partial charge is 0.225 e. The summed E-state index contributed by atoms with van der Waals surface area (Å²) in [5.41, 5.74) is 3.34. The van der Waals surface area contributed by atoms with Crippen LogP contribution in [-0.4, -0.2) is 26.9 Å². The Bertz CT molecular complexity index is 1030. The summed E-state index contributed by atoms with van der Waals surface area (Å²) in [7, 11) is 0. The molecular formula is C21H21BrFN3O. The van der Waals surface area contributed by atoms with Crippen LogP contribution < -0.4 is 0 Å². The first-order valence-electron chi connectivity index (χ1n) is 9.19. The van der Waals surface area contributed by atoms with Crippen molar-refractivity contribution in [3.63, 3.8) is 0 Å². The fourth-order valence-corrected chi connectivity index (χ4v) is 3.91. The van der Waals surface area contributed by atoms with Crippen LogP contribution in [0, 0.1) is 18.7 Å². The van der Waals surface area contributed by atoms with Gasteiger partial charge in [-0.05, 0) is 78.5 Å². The Labute approximate surface area is 166 Å². The van der Waals surface area contributed by atoms with Gasteiger partial charge in [-0.25, -0.2) is 9.37 Å². The summed E-state index contributed by atoms with van der Waals surface area (Å²) < 4.78 is 16.9. The summed E-state index contributed by atoms with van der Waals surface area (Å²) >= 11 is 3.59. The molecule has 0 unspecified atom stereocenters. The van der Waals surface area contributed by atoms with Crippen molar-refractivity contribution in [2.75, 3.05) is 6.54 Å². The summed E-state index contributed by atoms with van der Waals surface area (Å²) in [5.74, 6) is 0.0106. The lowest BCUT2D eigenvalue weighted by atomic mass is 10.1. The van der Waals surface area contributed by atoms with E-state index in [0.717, 1.165) is 45.3 Å². The van der Waals surface area contributed by atoms with E-state index in [2.05, 4.69) is 20.9 Å². The molecule has 0 aliphatic heterocycles. The van der Waals surface area contributed by atoms with Gasteiger partial charge in [-0.2, -0.15) is 0 Å². The van der Waals surface area contributed by atoms with Gasteiger partial charge in [-0.15, -0.1) is 0 Å². The molecule has 0 radical (unpaired) electrons. The lowest BCUT2D eigenvalue weighted by molar-refractivity contribution is -0.132. The van der Waals surface area contributed by atoms with Gasteiger partial charge in [0.1, 0.15) is 11.5 Å². The predicted octanol–water partition coefficient (Wildman–Crippen LogP) is 4.99. The van der Waals surface area contributed by atoms with Crippen LogP contribution >= 0.6 is 15.9 Å². The molecule has 27 heavy (non-hydrogen) atoms. The van der Waals surface area contributed by atoms with E-state index >= 15 is 0 Å². The zero-order valence-corrected chi connectivity index (χ0v) is 17.0. The van der Waals surface area contributed by atoms with Gasteiger partial charge >= 0.3 is 0 Å². The Balaban J connectivity index is 1.80. The normalized spacial score (nSPS) is 13.9. The van der Waals surface area contributed by atoms with E-state index in [-0.39, 0.29) is 17.6 Å². The number of pyridine rings is 1. The molecule has 140 valence electrons. The predicted molar refractivity (Wildman–Crippen MR) is 107 cm³/mol. The highest BCUT2D eigenvalue weighted by atomic mass is 79.9. The minimum atomic E-state index is -0.302.